The maximum Gasteiger partial charge on any atom is 0.333 e. The average molecular weight is 263 g/mol. The molecule has 19 heavy (non-hydrogen) atoms. The maximum absolute atomic E-state index is 12.0. The Hall–Kier alpha value is -1.88. The third-order valence-electron chi connectivity index (χ3n) is 3.31. The average Bonchev–Trinajstić information content (AvgIpc) is 2.43. The van der Waals surface area contributed by atoms with E-state index in [1.807, 2.05) is 30.3 Å². The van der Waals surface area contributed by atoms with Crippen LogP contribution in [0.15, 0.2) is 30.3 Å². The SMILES string of the molecule is COC(=O)C1(C)COCC(=O)N1Cc1ccccc1. The minimum atomic E-state index is -1.07. The topological polar surface area (TPSA) is 55.8 Å². The van der Waals surface area contributed by atoms with E-state index >= 15 is 0 Å². The Morgan fingerprint density at radius 3 is 2.74 bits per heavy atom. The van der Waals surface area contributed by atoms with Gasteiger partial charge in [0.05, 0.1) is 13.7 Å². The van der Waals surface area contributed by atoms with E-state index in [9.17, 15) is 9.59 Å². The van der Waals surface area contributed by atoms with Crippen LogP contribution in [0.3, 0.4) is 0 Å². The molecule has 0 radical (unpaired) electrons. The zero-order chi connectivity index (χ0) is 13.9. The molecule has 1 aliphatic heterocycles. The molecule has 1 aromatic carbocycles. The molecule has 0 N–H and O–H groups in total. The van der Waals surface area contributed by atoms with Crippen LogP contribution in [0.5, 0.6) is 0 Å². The molecular weight excluding hydrogens is 246 g/mol. The summed E-state index contributed by atoms with van der Waals surface area (Å²) in [6.07, 6.45) is 0. The lowest BCUT2D eigenvalue weighted by molar-refractivity contribution is -0.177. The molecule has 1 aromatic rings. The number of carbonyl (C=O) groups is 2. The zero-order valence-electron chi connectivity index (χ0n) is 11.1. The van der Waals surface area contributed by atoms with E-state index in [-0.39, 0.29) is 19.1 Å². The fraction of sp³-hybridized carbons (Fsp3) is 0.429. The molecule has 1 heterocycles. The van der Waals surface area contributed by atoms with E-state index in [1.165, 1.54) is 12.0 Å². The summed E-state index contributed by atoms with van der Waals surface area (Å²) in [5.74, 6) is -0.667. The first-order valence-corrected chi connectivity index (χ1v) is 6.08. The Morgan fingerprint density at radius 1 is 1.42 bits per heavy atom. The molecule has 2 rings (SSSR count). The summed E-state index contributed by atoms with van der Waals surface area (Å²) in [4.78, 5) is 25.5. The lowest BCUT2D eigenvalue weighted by Gasteiger charge is -2.41. The smallest absolute Gasteiger partial charge is 0.333 e. The molecule has 0 aromatic heterocycles. The van der Waals surface area contributed by atoms with Crippen molar-refractivity contribution in [1.82, 2.24) is 4.90 Å². The van der Waals surface area contributed by atoms with E-state index in [0.29, 0.717) is 6.54 Å². The van der Waals surface area contributed by atoms with Crippen LogP contribution >= 0.6 is 0 Å². The monoisotopic (exact) mass is 263 g/mol. The lowest BCUT2D eigenvalue weighted by Crippen LogP contribution is -2.62. The quantitative estimate of drug-likeness (QED) is 0.763. The maximum atomic E-state index is 12.0. The van der Waals surface area contributed by atoms with Crippen molar-refractivity contribution in [3.8, 4) is 0 Å². The van der Waals surface area contributed by atoms with Crippen LogP contribution in [0.1, 0.15) is 12.5 Å². The number of rotatable bonds is 3. The van der Waals surface area contributed by atoms with Gasteiger partial charge in [-0.05, 0) is 12.5 Å². The molecule has 1 fully saturated rings. The van der Waals surface area contributed by atoms with Gasteiger partial charge in [0, 0.05) is 6.54 Å². The summed E-state index contributed by atoms with van der Waals surface area (Å²) in [5, 5.41) is 0. The van der Waals surface area contributed by atoms with Crippen LogP contribution in [0.2, 0.25) is 0 Å². The van der Waals surface area contributed by atoms with Gasteiger partial charge in [0.2, 0.25) is 5.91 Å². The third kappa shape index (κ3) is 2.61. The summed E-state index contributed by atoms with van der Waals surface area (Å²) >= 11 is 0. The van der Waals surface area contributed by atoms with Gasteiger partial charge in [-0.3, -0.25) is 4.79 Å². The summed E-state index contributed by atoms with van der Waals surface area (Å²) in [6, 6.07) is 9.54. The van der Waals surface area contributed by atoms with Crippen molar-refractivity contribution in [2.24, 2.45) is 0 Å². The van der Waals surface area contributed by atoms with Gasteiger partial charge in [0.15, 0.2) is 5.54 Å². The first-order chi connectivity index (χ1) is 9.08. The highest BCUT2D eigenvalue weighted by molar-refractivity contribution is 5.89. The van der Waals surface area contributed by atoms with Crippen molar-refractivity contribution >= 4 is 11.9 Å². The van der Waals surface area contributed by atoms with Crippen molar-refractivity contribution in [2.75, 3.05) is 20.3 Å². The van der Waals surface area contributed by atoms with Gasteiger partial charge < -0.3 is 14.4 Å². The number of morpholine rings is 1. The van der Waals surface area contributed by atoms with Crippen molar-refractivity contribution < 1.29 is 19.1 Å². The molecule has 1 aliphatic rings. The highest BCUT2D eigenvalue weighted by atomic mass is 16.5. The molecule has 102 valence electrons. The molecule has 0 spiro atoms. The molecule has 5 nitrogen and oxygen atoms in total. The number of carbonyl (C=O) groups excluding carboxylic acids is 2. The zero-order valence-corrected chi connectivity index (χ0v) is 11.1. The number of benzene rings is 1. The molecule has 0 saturated carbocycles. The van der Waals surface area contributed by atoms with Crippen LogP contribution in [0.25, 0.3) is 0 Å². The minimum absolute atomic E-state index is 0.000578. The number of hydrogen-bond acceptors (Lipinski definition) is 4. The van der Waals surface area contributed by atoms with E-state index in [1.54, 1.807) is 6.92 Å². The largest absolute Gasteiger partial charge is 0.467 e. The van der Waals surface area contributed by atoms with Gasteiger partial charge in [-0.25, -0.2) is 4.79 Å². The normalized spacial score (nSPS) is 23.3. The van der Waals surface area contributed by atoms with Gasteiger partial charge in [-0.2, -0.15) is 0 Å². The molecule has 1 unspecified atom stereocenters. The molecular formula is C14H17NO4. The fourth-order valence-electron chi connectivity index (χ4n) is 2.19. The summed E-state index contributed by atoms with van der Waals surface area (Å²) in [6.45, 7) is 2.19. The van der Waals surface area contributed by atoms with Crippen LogP contribution in [0.4, 0.5) is 0 Å². The first kappa shape index (κ1) is 13.5. The highest BCUT2D eigenvalue weighted by Crippen LogP contribution is 2.24. The Bertz CT molecular complexity index is 474. The van der Waals surface area contributed by atoms with Crippen LogP contribution in [0, 0.1) is 0 Å². The highest BCUT2D eigenvalue weighted by Gasteiger charge is 2.46. The van der Waals surface area contributed by atoms with E-state index in [2.05, 4.69) is 0 Å². The van der Waals surface area contributed by atoms with E-state index < -0.39 is 11.5 Å². The number of methoxy groups -OCH3 is 1. The number of ether oxygens (including phenoxy) is 2. The van der Waals surface area contributed by atoms with Crippen molar-refractivity contribution in [3.63, 3.8) is 0 Å². The van der Waals surface area contributed by atoms with E-state index in [4.69, 9.17) is 9.47 Å². The van der Waals surface area contributed by atoms with Crippen LogP contribution in [-0.2, 0) is 25.6 Å². The van der Waals surface area contributed by atoms with Crippen LogP contribution < -0.4 is 0 Å². The van der Waals surface area contributed by atoms with Gasteiger partial charge in [-0.15, -0.1) is 0 Å². The Morgan fingerprint density at radius 2 is 2.11 bits per heavy atom. The number of hydrogen-bond donors (Lipinski definition) is 0. The molecule has 5 heteroatoms. The van der Waals surface area contributed by atoms with Crippen LogP contribution in [-0.4, -0.2) is 42.6 Å². The van der Waals surface area contributed by atoms with E-state index in [0.717, 1.165) is 5.56 Å². The van der Waals surface area contributed by atoms with Gasteiger partial charge in [0.1, 0.15) is 6.61 Å². The number of nitrogens with zero attached hydrogens (tertiary/aromatic N) is 1. The lowest BCUT2D eigenvalue weighted by atomic mass is 9.98. The second-order valence-corrected chi connectivity index (χ2v) is 4.72. The fourth-order valence-corrected chi connectivity index (χ4v) is 2.19. The predicted octanol–water partition coefficient (Wildman–Crippen LogP) is 0.977. The number of amides is 1. The van der Waals surface area contributed by atoms with Crippen molar-refractivity contribution in [2.45, 2.75) is 19.0 Å². The molecule has 1 atom stereocenters. The molecule has 0 bridgehead atoms. The minimum Gasteiger partial charge on any atom is -0.467 e. The Balaban J connectivity index is 2.27. The molecule has 1 saturated heterocycles. The summed E-state index contributed by atoms with van der Waals surface area (Å²) in [5.41, 5.74) is -0.104. The Labute approximate surface area is 112 Å². The predicted molar refractivity (Wildman–Crippen MR) is 68.2 cm³/mol. The van der Waals surface area contributed by atoms with Crippen molar-refractivity contribution in [1.29, 1.82) is 0 Å². The second-order valence-electron chi connectivity index (χ2n) is 4.72. The standard InChI is InChI=1S/C14H17NO4/c1-14(13(17)18-2)10-19-9-12(16)15(14)8-11-6-4-3-5-7-11/h3-7H,8-10H2,1-2H3. The third-order valence-corrected chi connectivity index (χ3v) is 3.31. The summed E-state index contributed by atoms with van der Waals surface area (Å²) < 4.78 is 9.99. The number of esters is 1. The van der Waals surface area contributed by atoms with Gasteiger partial charge >= 0.3 is 5.97 Å². The van der Waals surface area contributed by atoms with Crippen molar-refractivity contribution in [3.05, 3.63) is 35.9 Å². The van der Waals surface area contributed by atoms with Gasteiger partial charge in [-0.1, -0.05) is 30.3 Å². The Kier molecular flexibility index (Phi) is 3.85. The second kappa shape index (κ2) is 5.40. The first-order valence-electron chi connectivity index (χ1n) is 6.08. The van der Waals surface area contributed by atoms with Gasteiger partial charge in [0.25, 0.3) is 0 Å². The molecule has 1 amide bonds. The molecule has 0 aliphatic carbocycles. The summed E-state index contributed by atoms with van der Waals surface area (Å²) in [7, 11) is 1.31.